The maximum atomic E-state index is 12.0. The number of urea groups is 1. The number of hydrogen-bond donors (Lipinski definition) is 2. The average Bonchev–Trinajstić information content (AvgIpc) is 2.82. The Morgan fingerprint density at radius 3 is 2.68 bits per heavy atom. The van der Waals surface area contributed by atoms with Gasteiger partial charge in [-0.3, -0.25) is 4.79 Å². The number of anilines is 1. The van der Waals surface area contributed by atoms with E-state index in [1.807, 2.05) is 32.0 Å². The molecule has 1 aromatic carbocycles. The molecule has 2 amide bonds. The van der Waals surface area contributed by atoms with Crippen molar-refractivity contribution in [3.05, 3.63) is 29.3 Å². The second kappa shape index (κ2) is 5.30. The third-order valence-corrected chi connectivity index (χ3v) is 3.45. The van der Waals surface area contributed by atoms with Crippen LogP contribution < -0.4 is 5.32 Å². The van der Waals surface area contributed by atoms with Crippen molar-refractivity contribution in [1.29, 1.82) is 0 Å². The Morgan fingerprint density at radius 2 is 2.11 bits per heavy atom. The summed E-state index contributed by atoms with van der Waals surface area (Å²) in [6.45, 7) is 4.71. The number of aryl methyl sites for hydroxylation is 2. The van der Waals surface area contributed by atoms with E-state index < -0.39 is 11.9 Å². The molecular formula is C14H18N2O3. The van der Waals surface area contributed by atoms with Crippen molar-refractivity contribution in [2.45, 2.75) is 20.3 Å². The largest absolute Gasteiger partial charge is 0.481 e. The summed E-state index contributed by atoms with van der Waals surface area (Å²) in [7, 11) is 0. The monoisotopic (exact) mass is 262 g/mol. The molecule has 1 atom stereocenters. The maximum Gasteiger partial charge on any atom is 0.321 e. The first-order chi connectivity index (χ1) is 8.97. The van der Waals surface area contributed by atoms with Gasteiger partial charge < -0.3 is 15.3 Å². The molecule has 0 spiro atoms. The normalized spacial score (nSPS) is 18.4. The Labute approximate surface area is 112 Å². The van der Waals surface area contributed by atoms with Gasteiger partial charge in [-0.25, -0.2) is 4.79 Å². The molecule has 0 saturated carbocycles. The molecule has 19 heavy (non-hydrogen) atoms. The predicted octanol–water partition coefficient (Wildman–Crippen LogP) is 2.24. The van der Waals surface area contributed by atoms with Gasteiger partial charge in [0.2, 0.25) is 0 Å². The van der Waals surface area contributed by atoms with E-state index in [0.717, 1.165) is 16.8 Å². The average molecular weight is 262 g/mol. The van der Waals surface area contributed by atoms with E-state index in [4.69, 9.17) is 5.11 Å². The summed E-state index contributed by atoms with van der Waals surface area (Å²) in [6, 6.07) is 5.58. The van der Waals surface area contributed by atoms with Gasteiger partial charge in [-0.1, -0.05) is 17.7 Å². The highest BCUT2D eigenvalue weighted by Gasteiger charge is 2.30. The lowest BCUT2D eigenvalue weighted by Gasteiger charge is -2.18. The fourth-order valence-corrected chi connectivity index (χ4v) is 2.29. The van der Waals surface area contributed by atoms with E-state index in [1.165, 1.54) is 0 Å². The first-order valence-electron chi connectivity index (χ1n) is 6.33. The molecule has 102 valence electrons. The van der Waals surface area contributed by atoms with Crippen LogP contribution in [0.15, 0.2) is 18.2 Å². The lowest BCUT2D eigenvalue weighted by Crippen LogP contribution is -2.34. The topological polar surface area (TPSA) is 69.6 Å². The summed E-state index contributed by atoms with van der Waals surface area (Å²) in [4.78, 5) is 24.5. The number of amides is 2. The Bertz CT molecular complexity index is 513. The van der Waals surface area contributed by atoms with Gasteiger partial charge in [0.25, 0.3) is 0 Å². The van der Waals surface area contributed by atoms with E-state index >= 15 is 0 Å². The molecule has 0 aromatic heterocycles. The van der Waals surface area contributed by atoms with Crippen molar-refractivity contribution >= 4 is 17.7 Å². The third kappa shape index (κ3) is 3.05. The molecule has 1 aliphatic heterocycles. The smallest absolute Gasteiger partial charge is 0.321 e. The van der Waals surface area contributed by atoms with E-state index in [1.54, 1.807) is 4.90 Å². The molecule has 2 rings (SSSR count). The number of aliphatic carboxylic acids is 1. The minimum Gasteiger partial charge on any atom is -0.481 e. The van der Waals surface area contributed by atoms with Crippen LogP contribution in [0, 0.1) is 19.8 Å². The lowest BCUT2D eigenvalue weighted by molar-refractivity contribution is -0.141. The van der Waals surface area contributed by atoms with Crippen molar-refractivity contribution in [2.24, 2.45) is 5.92 Å². The Balaban J connectivity index is 2.00. The van der Waals surface area contributed by atoms with Crippen LogP contribution >= 0.6 is 0 Å². The summed E-state index contributed by atoms with van der Waals surface area (Å²) in [5.74, 6) is -1.27. The molecule has 1 aliphatic rings. The van der Waals surface area contributed by atoms with Crippen LogP contribution in [0.25, 0.3) is 0 Å². The number of hydrogen-bond acceptors (Lipinski definition) is 2. The minimum atomic E-state index is -0.832. The number of nitrogens with one attached hydrogen (secondary N) is 1. The second-order valence-corrected chi connectivity index (χ2v) is 5.02. The van der Waals surface area contributed by atoms with Gasteiger partial charge in [-0.15, -0.1) is 0 Å². The van der Waals surface area contributed by atoms with Crippen LogP contribution in [-0.4, -0.2) is 35.1 Å². The number of carbonyl (C=O) groups is 2. The van der Waals surface area contributed by atoms with Crippen LogP contribution in [0.4, 0.5) is 10.5 Å². The molecule has 0 radical (unpaired) electrons. The standard InChI is InChI=1S/C14H18N2O3/c1-9-3-4-12(10(2)7-9)15-14(19)16-6-5-11(8-16)13(17)18/h3-4,7,11H,5-6,8H2,1-2H3,(H,15,19)(H,17,18). The first kappa shape index (κ1) is 13.4. The van der Waals surface area contributed by atoms with E-state index in [0.29, 0.717) is 13.0 Å². The second-order valence-electron chi connectivity index (χ2n) is 5.02. The molecule has 2 N–H and O–H groups in total. The van der Waals surface area contributed by atoms with Gasteiger partial charge in [-0.05, 0) is 31.9 Å². The molecule has 0 bridgehead atoms. The van der Waals surface area contributed by atoms with Crippen LogP contribution in [0.3, 0.4) is 0 Å². The van der Waals surface area contributed by atoms with Gasteiger partial charge in [0.15, 0.2) is 0 Å². The molecule has 1 unspecified atom stereocenters. The highest BCUT2D eigenvalue weighted by Crippen LogP contribution is 2.20. The summed E-state index contributed by atoms with van der Waals surface area (Å²) < 4.78 is 0. The Hall–Kier alpha value is -2.04. The van der Waals surface area contributed by atoms with E-state index in [2.05, 4.69) is 5.32 Å². The summed E-state index contributed by atoms with van der Waals surface area (Å²) in [6.07, 6.45) is 0.523. The Morgan fingerprint density at radius 1 is 1.37 bits per heavy atom. The molecular weight excluding hydrogens is 244 g/mol. The molecule has 1 heterocycles. The summed E-state index contributed by atoms with van der Waals surface area (Å²) in [5.41, 5.74) is 2.92. The lowest BCUT2D eigenvalue weighted by atomic mass is 10.1. The number of likely N-dealkylation sites (tertiary alicyclic amines) is 1. The van der Waals surface area contributed by atoms with Crippen molar-refractivity contribution in [2.75, 3.05) is 18.4 Å². The molecule has 1 aromatic rings. The zero-order chi connectivity index (χ0) is 14.0. The maximum absolute atomic E-state index is 12.0. The van der Waals surface area contributed by atoms with Gasteiger partial charge in [0.1, 0.15) is 0 Å². The van der Waals surface area contributed by atoms with Gasteiger partial charge in [0.05, 0.1) is 5.92 Å². The quantitative estimate of drug-likeness (QED) is 0.858. The van der Waals surface area contributed by atoms with E-state index in [9.17, 15) is 9.59 Å². The van der Waals surface area contributed by atoms with Crippen LogP contribution in [-0.2, 0) is 4.79 Å². The molecule has 0 aliphatic carbocycles. The van der Waals surface area contributed by atoms with Gasteiger partial charge >= 0.3 is 12.0 Å². The molecule has 5 heteroatoms. The van der Waals surface area contributed by atoms with Crippen LogP contribution in [0.5, 0.6) is 0 Å². The predicted molar refractivity (Wildman–Crippen MR) is 72.3 cm³/mol. The first-order valence-corrected chi connectivity index (χ1v) is 6.33. The number of rotatable bonds is 2. The number of nitrogens with zero attached hydrogens (tertiary/aromatic N) is 1. The number of benzene rings is 1. The van der Waals surface area contributed by atoms with Gasteiger partial charge in [-0.2, -0.15) is 0 Å². The minimum absolute atomic E-state index is 0.226. The molecule has 1 fully saturated rings. The molecule has 5 nitrogen and oxygen atoms in total. The highest BCUT2D eigenvalue weighted by molar-refractivity contribution is 5.90. The van der Waals surface area contributed by atoms with Crippen molar-refractivity contribution in [1.82, 2.24) is 4.90 Å². The number of carbonyl (C=O) groups excluding carboxylic acids is 1. The summed E-state index contributed by atoms with van der Waals surface area (Å²) in [5, 5.41) is 11.8. The van der Waals surface area contributed by atoms with Gasteiger partial charge in [0, 0.05) is 18.8 Å². The number of carboxylic acid groups (broad SMARTS) is 1. The summed E-state index contributed by atoms with van der Waals surface area (Å²) >= 11 is 0. The fraction of sp³-hybridized carbons (Fsp3) is 0.429. The SMILES string of the molecule is Cc1ccc(NC(=O)N2CCC(C(=O)O)C2)c(C)c1. The van der Waals surface area contributed by atoms with Crippen LogP contribution in [0.2, 0.25) is 0 Å². The van der Waals surface area contributed by atoms with E-state index in [-0.39, 0.29) is 12.6 Å². The van der Waals surface area contributed by atoms with Crippen molar-refractivity contribution < 1.29 is 14.7 Å². The zero-order valence-electron chi connectivity index (χ0n) is 11.1. The third-order valence-electron chi connectivity index (χ3n) is 3.45. The molecule has 1 saturated heterocycles. The van der Waals surface area contributed by atoms with Crippen molar-refractivity contribution in [3.8, 4) is 0 Å². The highest BCUT2D eigenvalue weighted by atomic mass is 16.4. The van der Waals surface area contributed by atoms with Crippen LogP contribution in [0.1, 0.15) is 17.5 Å². The Kier molecular flexibility index (Phi) is 3.74. The number of carboxylic acids is 1. The fourth-order valence-electron chi connectivity index (χ4n) is 2.29. The van der Waals surface area contributed by atoms with Crippen molar-refractivity contribution in [3.63, 3.8) is 0 Å². The zero-order valence-corrected chi connectivity index (χ0v) is 11.1.